The van der Waals surface area contributed by atoms with Gasteiger partial charge in [0.05, 0.1) is 10.5 Å². The van der Waals surface area contributed by atoms with Gasteiger partial charge < -0.3 is 4.90 Å². The average molecular weight is 369 g/mol. The minimum atomic E-state index is -0.553. The maximum absolute atomic E-state index is 13.7. The highest BCUT2D eigenvalue weighted by Gasteiger charge is 2.19. The number of carbonyl (C=O) groups is 1. The highest BCUT2D eigenvalue weighted by atomic mass is 19.1. The molecule has 0 bridgehead atoms. The van der Waals surface area contributed by atoms with E-state index in [4.69, 9.17) is 0 Å². The summed E-state index contributed by atoms with van der Waals surface area (Å²) in [7, 11) is 0. The second kappa shape index (κ2) is 8.55. The van der Waals surface area contributed by atoms with E-state index < -0.39 is 10.7 Å². The molecule has 3 rings (SSSR count). The number of ketones is 1. The van der Waals surface area contributed by atoms with Gasteiger partial charge in [-0.15, -0.1) is 0 Å². The molecule has 1 fully saturated rings. The van der Waals surface area contributed by atoms with Crippen LogP contribution in [0.2, 0.25) is 0 Å². The van der Waals surface area contributed by atoms with Gasteiger partial charge in [-0.1, -0.05) is 30.3 Å². The summed E-state index contributed by atoms with van der Waals surface area (Å²) in [5, 5.41) is 11.0. The molecule has 0 atom stereocenters. The number of hydrogen-bond donors (Lipinski definition) is 0. The van der Waals surface area contributed by atoms with E-state index in [-0.39, 0.29) is 17.1 Å². The van der Waals surface area contributed by atoms with Gasteiger partial charge in [-0.2, -0.15) is 0 Å². The van der Waals surface area contributed by atoms with Crippen LogP contribution in [0.25, 0.3) is 0 Å². The highest BCUT2D eigenvalue weighted by molar-refractivity contribution is 6.07. The van der Waals surface area contributed by atoms with E-state index in [0.717, 1.165) is 13.1 Å². The maximum Gasteiger partial charge on any atom is 0.280 e. The predicted molar refractivity (Wildman–Crippen MR) is 99.8 cm³/mol. The Labute approximate surface area is 156 Å². The first-order chi connectivity index (χ1) is 13.0. The molecule has 0 aliphatic carbocycles. The van der Waals surface area contributed by atoms with E-state index in [1.54, 1.807) is 24.4 Å². The van der Waals surface area contributed by atoms with Crippen molar-refractivity contribution in [3.8, 4) is 0 Å². The summed E-state index contributed by atoms with van der Waals surface area (Å²) in [5.41, 5.74) is 0.562. The third-order valence-corrected chi connectivity index (χ3v) is 4.56. The Morgan fingerprint density at radius 3 is 2.44 bits per heavy atom. The van der Waals surface area contributed by atoms with Crippen LogP contribution in [0.15, 0.2) is 60.8 Å². The molecule has 1 saturated heterocycles. The first-order valence-electron chi connectivity index (χ1n) is 8.70. The quantitative estimate of drug-likeness (QED) is 0.338. The van der Waals surface area contributed by atoms with Gasteiger partial charge in [-0.3, -0.25) is 19.8 Å². The van der Waals surface area contributed by atoms with E-state index in [1.807, 2.05) is 11.0 Å². The molecule has 0 amide bonds. The van der Waals surface area contributed by atoms with Gasteiger partial charge in [0.2, 0.25) is 0 Å². The van der Waals surface area contributed by atoms with Crippen molar-refractivity contribution in [2.75, 3.05) is 26.2 Å². The van der Waals surface area contributed by atoms with Gasteiger partial charge >= 0.3 is 0 Å². The normalized spacial score (nSPS) is 15.2. The third kappa shape index (κ3) is 4.77. The third-order valence-electron chi connectivity index (χ3n) is 4.56. The predicted octanol–water partition coefficient (Wildman–Crippen LogP) is 3.25. The molecule has 0 spiro atoms. The van der Waals surface area contributed by atoms with Crippen molar-refractivity contribution in [2.24, 2.45) is 0 Å². The summed E-state index contributed by atoms with van der Waals surface area (Å²) < 4.78 is 13.7. The molecule has 0 N–H and O–H groups in total. The molecular formula is C20H20FN3O3. The topological polar surface area (TPSA) is 66.7 Å². The van der Waals surface area contributed by atoms with Crippen LogP contribution in [0, 0.1) is 15.9 Å². The summed E-state index contributed by atoms with van der Waals surface area (Å²) in [4.78, 5) is 26.9. The van der Waals surface area contributed by atoms with Gasteiger partial charge in [0.15, 0.2) is 5.78 Å². The fourth-order valence-electron chi connectivity index (χ4n) is 3.04. The molecule has 0 aromatic heterocycles. The molecule has 140 valence electrons. The molecule has 7 heteroatoms. The lowest BCUT2D eigenvalue weighted by Crippen LogP contribution is -2.43. The lowest BCUT2D eigenvalue weighted by molar-refractivity contribution is -0.385. The molecule has 1 heterocycles. The van der Waals surface area contributed by atoms with Crippen molar-refractivity contribution in [1.82, 2.24) is 9.80 Å². The van der Waals surface area contributed by atoms with E-state index in [1.165, 1.54) is 30.3 Å². The Bertz CT molecular complexity index is 861. The second-order valence-corrected chi connectivity index (χ2v) is 6.36. The van der Waals surface area contributed by atoms with Crippen LogP contribution < -0.4 is 0 Å². The molecule has 0 radical (unpaired) electrons. The number of benzene rings is 2. The van der Waals surface area contributed by atoms with Crippen molar-refractivity contribution >= 4 is 11.5 Å². The smallest absolute Gasteiger partial charge is 0.280 e. The van der Waals surface area contributed by atoms with Crippen molar-refractivity contribution in [3.63, 3.8) is 0 Å². The number of carbonyl (C=O) groups excluding carboxylic acids is 1. The van der Waals surface area contributed by atoms with Crippen LogP contribution in [0.3, 0.4) is 0 Å². The van der Waals surface area contributed by atoms with Gasteiger partial charge in [-0.25, -0.2) is 4.39 Å². The maximum atomic E-state index is 13.7. The van der Waals surface area contributed by atoms with Crippen molar-refractivity contribution in [2.45, 2.75) is 6.54 Å². The Morgan fingerprint density at radius 2 is 1.74 bits per heavy atom. The molecular weight excluding hydrogens is 349 g/mol. The number of nitro groups is 1. The summed E-state index contributed by atoms with van der Waals surface area (Å²) in [6.07, 6.45) is 3.05. The molecule has 2 aromatic rings. The van der Waals surface area contributed by atoms with E-state index >= 15 is 0 Å². The van der Waals surface area contributed by atoms with Crippen molar-refractivity contribution < 1.29 is 14.1 Å². The molecule has 0 unspecified atom stereocenters. The Balaban J connectivity index is 1.55. The number of rotatable bonds is 6. The van der Waals surface area contributed by atoms with Crippen LogP contribution in [0.5, 0.6) is 0 Å². The van der Waals surface area contributed by atoms with Crippen LogP contribution in [0.1, 0.15) is 15.9 Å². The number of hydrogen-bond acceptors (Lipinski definition) is 5. The van der Waals surface area contributed by atoms with Gasteiger partial charge in [0.25, 0.3) is 5.69 Å². The monoisotopic (exact) mass is 369 g/mol. The number of halogens is 1. The van der Waals surface area contributed by atoms with E-state index in [2.05, 4.69) is 4.90 Å². The highest BCUT2D eigenvalue weighted by Crippen LogP contribution is 2.19. The number of para-hydroxylation sites is 1. The molecule has 2 aromatic carbocycles. The second-order valence-electron chi connectivity index (χ2n) is 6.36. The molecule has 6 nitrogen and oxygen atoms in total. The lowest BCUT2D eigenvalue weighted by Gasteiger charge is -2.34. The van der Waals surface area contributed by atoms with Crippen molar-refractivity contribution in [3.05, 3.63) is 87.9 Å². The van der Waals surface area contributed by atoms with Crippen molar-refractivity contribution in [1.29, 1.82) is 0 Å². The SMILES string of the molecule is O=C(/C=C/N1CCN(Cc2ccccc2F)CC1)c1ccccc1[N+](=O)[O-]. The molecule has 0 saturated carbocycles. The minimum absolute atomic E-state index is 0.0805. The number of piperazine rings is 1. The minimum Gasteiger partial charge on any atom is -0.375 e. The standard InChI is InChI=1S/C20H20FN3O3/c21-18-7-3-1-5-16(18)15-23-13-11-22(12-14-23)10-9-20(25)17-6-2-4-8-19(17)24(26)27/h1-10H,11-15H2/b10-9+. The van der Waals surface area contributed by atoms with Gasteiger partial charge in [0, 0.05) is 56.6 Å². The average Bonchev–Trinajstić information content (AvgIpc) is 2.69. The summed E-state index contributed by atoms with van der Waals surface area (Å²) in [6, 6.07) is 12.7. The van der Waals surface area contributed by atoms with Crippen LogP contribution >= 0.6 is 0 Å². The molecule has 27 heavy (non-hydrogen) atoms. The Morgan fingerprint density at radius 1 is 1.07 bits per heavy atom. The zero-order valence-electron chi connectivity index (χ0n) is 14.8. The van der Waals surface area contributed by atoms with E-state index in [9.17, 15) is 19.3 Å². The fourth-order valence-corrected chi connectivity index (χ4v) is 3.04. The van der Waals surface area contributed by atoms with Crippen LogP contribution in [-0.2, 0) is 6.54 Å². The molecule has 1 aliphatic heterocycles. The van der Waals surface area contributed by atoms with Crippen LogP contribution in [-0.4, -0.2) is 46.7 Å². The first kappa shape index (κ1) is 18.7. The van der Waals surface area contributed by atoms with Gasteiger partial charge in [-0.05, 0) is 12.1 Å². The fraction of sp³-hybridized carbons (Fsp3) is 0.250. The number of nitrogens with zero attached hydrogens (tertiary/aromatic N) is 3. The first-order valence-corrected chi connectivity index (χ1v) is 8.70. The zero-order chi connectivity index (χ0) is 19.2. The van der Waals surface area contributed by atoms with E-state index in [0.29, 0.717) is 25.2 Å². The largest absolute Gasteiger partial charge is 0.375 e. The van der Waals surface area contributed by atoms with Gasteiger partial charge in [0.1, 0.15) is 5.82 Å². The van der Waals surface area contributed by atoms with Crippen LogP contribution in [0.4, 0.5) is 10.1 Å². The summed E-state index contributed by atoms with van der Waals surface area (Å²) >= 11 is 0. The Kier molecular flexibility index (Phi) is 5.93. The number of nitro benzene ring substituents is 1. The summed E-state index contributed by atoms with van der Waals surface area (Å²) in [5.74, 6) is -0.592. The summed E-state index contributed by atoms with van der Waals surface area (Å²) in [6.45, 7) is 3.46. The number of allylic oxidation sites excluding steroid dienone is 1. The Hall–Kier alpha value is -3.06. The molecule has 1 aliphatic rings. The lowest BCUT2D eigenvalue weighted by atomic mass is 10.1. The zero-order valence-corrected chi connectivity index (χ0v) is 14.8.